The highest BCUT2D eigenvalue weighted by Gasteiger charge is 2.38. The second kappa shape index (κ2) is 3.46. The van der Waals surface area contributed by atoms with E-state index in [4.69, 9.17) is 4.74 Å². The first-order chi connectivity index (χ1) is 6.72. The summed E-state index contributed by atoms with van der Waals surface area (Å²) >= 11 is 0. The molecule has 0 bridgehead atoms. The van der Waals surface area contributed by atoms with Gasteiger partial charge in [-0.3, -0.25) is 4.79 Å². The highest BCUT2D eigenvalue weighted by Crippen LogP contribution is 2.28. The van der Waals surface area contributed by atoms with Gasteiger partial charge in [-0.15, -0.1) is 0 Å². The molecule has 2 rings (SSSR count). The Labute approximate surface area is 82.3 Å². The fourth-order valence-electron chi connectivity index (χ4n) is 1.68. The molecule has 1 unspecified atom stereocenters. The van der Waals surface area contributed by atoms with E-state index in [0.29, 0.717) is 12.2 Å². The number of ketones is 1. The molecule has 74 valence electrons. The molecule has 0 aromatic carbocycles. The third-order valence-electron chi connectivity index (χ3n) is 2.52. The zero-order chi connectivity index (χ0) is 10.0. The van der Waals surface area contributed by atoms with Crippen molar-refractivity contribution in [3.05, 3.63) is 24.3 Å². The van der Waals surface area contributed by atoms with Crippen LogP contribution in [0, 0.1) is 0 Å². The Morgan fingerprint density at radius 3 is 2.79 bits per heavy atom. The van der Waals surface area contributed by atoms with Gasteiger partial charge in [0.2, 0.25) is 0 Å². The van der Waals surface area contributed by atoms with E-state index in [1.807, 2.05) is 6.92 Å². The Balaban J connectivity index is 2.24. The minimum atomic E-state index is -0.662. The molecule has 1 aliphatic rings. The van der Waals surface area contributed by atoms with Crippen molar-refractivity contribution in [2.45, 2.75) is 25.4 Å². The van der Waals surface area contributed by atoms with E-state index in [-0.39, 0.29) is 5.78 Å². The fraction of sp³-hybridized carbons (Fsp3) is 0.500. The number of hydrogen-bond acceptors (Lipinski definition) is 4. The summed E-state index contributed by atoms with van der Waals surface area (Å²) < 4.78 is 5.45. The van der Waals surface area contributed by atoms with Crippen LogP contribution < -0.4 is 0 Å². The lowest BCUT2D eigenvalue weighted by Gasteiger charge is -2.20. The summed E-state index contributed by atoms with van der Waals surface area (Å²) in [5.74, 6) is -0.0180. The molecule has 4 nitrogen and oxygen atoms in total. The zero-order valence-corrected chi connectivity index (χ0v) is 8.06. The van der Waals surface area contributed by atoms with Gasteiger partial charge >= 0.3 is 0 Å². The number of aromatic nitrogens is 2. The Morgan fingerprint density at radius 1 is 1.50 bits per heavy atom. The Hall–Kier alpha value is -1.29. The molecule has 2 heterocycles. The molecule has 14 heavy (non-hydrogen) atoms. The van der Waals surface area contributed by atoms with E-state index in [9.17, 15) is 4.79 Å². The lowest BCUT2D eigenvalue weighted by Crippen LogP contribution is -2.34. The molecule has 4 heteroatoms. The average Bonchev–Trinajstić information content (AvgIpc) is 2.67. The van der Waals surface area contributed by atoms with Gasteiger partial charge in [0.25, 0.3) is 0 Å². The maximum absolute atomic E-state index is 12.0. The summed E-state index contributed by atoms with van der Waals surface area (Å²) in [6, 6.07) is 0. The summed E-state index contributed by atoms with van der Waals surface area (Å²) in [5, 5.41) is 0. The number of hydrogen-bond donors (Lipinski definition) is 0. The minimum Gasteiger partial charge on any atom is -0.367 e. The summed E-state index contributed by atoms with van der Waals surface area (Å²) in [7, 11) is 0. The topological polar surface area (TPSA) is 52.1 Å². The molecule has 0 amide bonds. The summed E-state index contributed by atoms with van der Waals surface area (Å²) in [6.07, 6.45) is 6.19. The van der Waals surface area contributed by atoms with Crippen molar-refractivity contribution >= 4 is 5.78 Å². The Morgan fingerprint density at radius 2 is 2.21 bits per heavy atom. The lowest BCUT2D eigenvalue weighted by molar-refractivity contribution is 0.0213. The zero-order valence-electron chi connectivity index (χ0n) is 8.06. The summed E-state index contributed by atoms with van der Waals surface area (Å²) in [5.41, 5.74) is -0.137. The molecular weight excluding hydrogens is 180 g/mol. The number of rotatable bonds is 2. The minimum absolute atomic E-state index is 0.0180. The predicted molar refractivity (Wildman–Crippen MR) is 50.0 cm³/mol. The van der Waals surface area contributed by atoms with Crippen molar-refractivity contribution in [1.82, 2.24) is 9.97 Å². The largest absolute Gasteiger partial charge is 0.367 e. The van der Waals surface area contributed by atoms with Gasteiger partial charge < -0.3 is 4.74 Å². The summed E-state index contributed by atoms with van der Waals surface area (Å²) in [4.78, 5) is 19.6. The first-order valence-corrected chi connectivity index (χ1v) is 4.66. The molecule has 0 N–H and O–H groups in total. The van der Waals surface area contributed by atoms with Crippen LogP contribution in [0.4, 0.5) is 0 Å². The van der Waals surface area contributed by atoms with Gasteiger partial charge in [-0.2, -0.15) is 0 Å². The molecule has 1 saturated heterocycles. The molecule has 1 atom stereocenters. The van der Waals surface area contributed by atoms with Crippen molar-refractivity contribution in [1.29, 1.82) is 0 Å². The number of Topliss-reactive ketones (excluding diaryl/α,β-unsaturated/α-hetero) is 1. The fourth-order valence-corrected chi connectivity index (χ4v) is 1.68. The Kier molecular flexibility index (Phi) is 2.29. The molecule has 0 radical (unpaired) electrons. The SMILES string of the molecule is CC1(C(=O)c2cncnc2)CCCO1. The van der Waals surface area contributed by atoms with Crippen LogP contribution in [0.1, 0.15) is 30.1 Å². The van der Waals surface area contributed by atoms with E-state index in [0.717, 1.165) is 12.8 Å². The van der Waals surface area contributed by atoms with Crippen LogP contribution in [0.5, 0.6) is 0 Å². The van der Waals surface area contributed by atoms with Crippen LogP contribution in [0.2, 0.25) is 0 Å². The second-order valence-corrected chi connectivity index (χ2v) is 3.64. The van der Waals surface area contributed by atoms with Crippen LogP contribution in [0.3, 0.4) is 0 Å². The number of carbonyl (C=O) groups is 1. The van der Waals surface area contributed by atoms with E-state index < -0.39 is 5.60 Å². The maximum Gasteiger partial charge on any atom is 0.197 e. The lowest BCUT2D eigenvalue weighted by atomic mass is 9.93. The average molecular weight is 192 g/mol. The Bertz CT molecular complexity index is 331. The van der Waals surface area contributed by atoms with Gasteiger partial charge in [-0.05, 0) is 19.8 Å². The number of ether oxygens (including phenoxy) is 1. The first kappa shape index (κ1) is 9.27. The molecule has 0 saturated carbocycles. The number of nitrogens with zero attached hydrogens (tertiary/aromatic N) is 2. The van der Waals surface area contributed by atoms with Crippen molar-refractivity contribution in [3.63, 3.8) is 0 Å². The van der Waals surface area contributed by atoms with Gasteiger partial charge in [-0.25, -0.2) is 9.97 Å². The third kappa shape index (κ3) is 1.53. The van der Waals surface area contributed by atoms with Crippen molar-refractivity contribution in [2.75, 3.05) is 6.61 Å². The quantitative estimate of drug-likeness (QED) is 0.661. The van der Waals surface area contributed by atoms with Gasteiger partial charge in [0.1, 0.15) is 11.9 Å². The maximum atomic E-state index is 12.0. The highest BCUT2D eigenvalue weighted by molar-refractivity contribution is 6.01. The van der Waals surface area contributed by atoms with E-state index >= 15 is 0 Å². The monoisotopic (exact) mass is 192 g/mol. The normalized spacial score (nSPS) is 26.4. The molecular formula is C10H12N2O2. The van der Waals surface area contributed by atoms with Crippen LogP contribution in [0.25, 0.3) is 0 Å². The van der Waals surface area contributed by atoms with Crippen LogP contribution in [-0.2, 0) is 4.74 Å². The molecule has 0 spiro atoms. The van der Waals surface area contributed by atoms with Crippen molar-refractivity contribution in [2.24, 2.45) is 0 Å². The van der Waals surface area contributed by atoms with Crippen LogP contribution in [0.15, 0.2) is 18.7 Å². The third-order valence-corrected chi connectivity index (χ3v) is 2.52. The molecule has 1 fully saturated rings. The van der Waals surface area contributed by atoms with Gasteiger partial charge in [0.15, 0.2) is 5.78 Å². The number of carbonyl (C=O) groups excluding carboxylic acids is 1. The van der Waals surface area contributed by atoms with Gasteiger partial charge in [-0.1, -0.05) is 0 Å². The van der Waals surface area contributed by atoms with Crippen LogP contribution in [-0.4, -0.2) is 28.0 Å². The molecule has 1 aromatic rings. The predicted octanol–water partition coefficient (Wildman–Crippen LogP) is 1.23. The van der Waals surface area contributed by atoms with E-state index in [2.05, 4.69) is 9.97 Å². The molecule has 0 aliphatic carbocycles. The molecule has 1 aromatic heterocycles. The van der Waals surface area contributed by atoms with E-state index in [1.165, 1.54) is 18.7 Å². The highest BCUT2D eigenvalue weighted by atomic mass is 16.5. The van der Waals surface area contributed by atoms with Crippen LogP contribution >= 0.6 is 0 Å². The summed E-state index contributed by atoms with van der Waals surface area (Å²) in [6.45, 7) is 2.49. The second-order valence-electron chi connectivity index (χ2n) is 3.64. The van der Waals surface area contributed by atoms with Gasteiger partial charge in [0.05, 0.1) is 5.56 Å². The van der Waals surface area contributed by atoms with Crippen molar-refractivity contribution in [3.8, 4) is 0 Å². The molecule has 1 aliphatic heterocycles. The standard InChI is InChI=1S/C10H12N2O2/c1-10(3-2-4-14-10)9(13)8-5-11-7-12-6-8/h5-7H,2-4H2,1H3. The van der Waals surface area contributed by atoms with Crippen molar-refractivity contribution < 1.29 is 9.53 Å². The smallest absolute Gasteiger partial charge is 0.197 e. The van der Waals surface area contributed by atoms with Gasteiger partial charge in [0, 0.05) is 19.0 Å². The van der Waals surface area contributed by atoms with E-state index in [1.54, 1.807) is 0 Å². The first-order valence-electron chi connectivity index (χ1n) is 4.66.